The number of hydrogen-bond acceptors (Lipinski definition) is 7. The van der Waals surface area contributed by atoms with Crippen LogP contribution in [0.3, 0.4) is 0 Å². The van der Waals surface area contributed by atoms with E-state index in [0.717, 1.165) is 50.4 Å². The number of hydrogen-bond donors (Lipinski definition) is 2. The molecule has 0 radical (unpaired) electrons. The van der Waals surface area contributed by atoms with E-state index in [9.17, 15) is 5.26 Å². The van der Waals surface area contributed by atoms with Gasteiger partial charge >= 0.3 is 0 Å². The summed E-state index contributed by atoms with van der Waals surface area (Å²) in [5, 5.41) is 23.2. The highest BCUT2D eigenvalue weighted by Gasteiger charge is 2.33. The van der Waals surface area contributed by atoms with Crippen LogP contribution in [0.1, 0.15) is 31.2 Å². The summed E-state index contributed by atoms with van der Waals surface area (Å²) in [5.74, 6) is 0. The van der Waals surface area contributed by atoms with Crippen LogP contribution in [0.25, 0.3) is 32.4 Å². The molecular formula is C22H22ClN7S. The van der Waals surface area contributed by atoms with E-state index >= 15 is 0 Å². The molecular weight excluding hydrogens is 430 g/mol. The van der Waals surface area contributed by atoms with Crippen LogP contribution in [-0.4, -0.2) is 37.9 Å². The van der Waals surface area contributed by atoms with Crippen molar-refractivity contribution in [3.63, 3.8) is 0 Å². The van der Waals surface area contributed by atoms with Crippen LogP contribution in [0, 0.1) is 11.3 Å². The molecule has 31 heavy (non-hydrogen) atoms. The molecule has 2 saturated heterocycles. The number of thiazole rings is 1. The number of aromatic nitrogens is 4. The van der Waals surface area contributed by atoms with Crippen molar-refractivity contribution >= 4 is 50.0 Å². The van der Waals surface area contributed by atoms with Crippen molar-refractivity contribution in [2.24, 2.45) is 7.05 Å². The first-order chi connectivity index (χ1) is 14.6. The number of aryl methyl sites for hydroxylation is 1. The lowest BCUT2D eigenvalue weighted by Crippen LogP contribution is -2.43. The third-order valence-electron chi connectivity index (χ3n) is 6.21. The summed E-state index contributed by atoms with van der Waals surface area (Å²) in [6.07, 6.45) is 8.68. The summed E-state index contributed by atoms with van der Waals surface area (Å²) in [4.78, 5) is 9.39. The fourth-order valence-electron chi connectivity index (χ4n) is 4.89. The SMILES string of the molecule is Cl.Cn1cc2cc(-c3cc4sc(NC5CC6CCC(C5)N6)nc4cn3)cc(C#N)c2n1. The number of nitriles is 1. The van der Waals surface area contributed by atoms with Gasteiger partial charge in [0, 0.05) is 42.3 Å². The maximum Gasteiger partial charge on any atom is 0.184 e. The Morgan fingerprint density at radius 2 is 2.03 bits per heavy atom. The van der Waals surface area contributed by atoms with E-state index in [0.29, 0.717) is 23.7 Å². The lowest BCUT2D eigenvalue weighted by atomic mass is 10.0. The molecule has 2 aliphatic heterocycles. The van der Waals surface area contributed by atoms with Gasteiger partial charge in [0.1, 0.15) is 17.1 Å². The van der Waals surface area contributed by atoms with Crippen LogP contribution >= 0.6 is 23.7 Å². The predicted octanol–water partition coefficient (Wildman–Crippen LogP) is 4.23. The first kappa shape index (κ1) is 20.2. The highest BCUT2D eigenvalue weighted by molar-refractivity contribution is 7.22. The molecule has 158 valence electrons. The number of pyridine rings is 1. The summed E-state index contributed by atoms with van der Waals surface area (Å²) in [6, 6.07) is 10.0. The summed E-state index contributed by atoms with van der Waals surface area (Å²) < 4.78 is 2.84. The quantitative estimate of drug-likeness (QED) is 0.484. The number of fused-ring (bicyclic) bond motifs is 4. The molecule has 5 heterocycles. The van der Waals surface area contributed by atoms with Crippen LogP contribution < -0.4 is 10.6 Å². The van der Waals surface area contributed by atoms with Gasteiger partial charge in [-0.3, -0.25) is 9.67 Å². The van der Waals surface area contributed by atoms with Crippen LogP contribution in [-0.2, 0) is 7.05 Å². The zero-order valence-corrected chi connectivity index (χ0v) is 18.6. The summed E-state index contributed by atoms with van der Waals surface area (Å²) in [5.41, 5.74) is 3.97. The molecule has 2 atom stereocenters. The van der Waals surface area contributed by atoms with E-state index in [1.807, 2.05) is 31.6 Å². The highest BCUT2D eigenvalue weighted by Crippen LogP contribution is 2.33. The first-order valence-electron chi connectivity index (χ1n) is 10.3. The zero-order chi connectivity index (χ0) is 20.2. The second-order valence-electron chi connectivity index (χ2n) is 8.38. The Kier molecular flexibility index (Phi) is 5.05. The van der Waals surface area contributed by atoms with Gasteiger partial charge in [0.25, 0.3) is 0 Å². The molecule has 0 saturated carbocycles. The number of anilines is 1. The number of nitrogens with zero attached hydrogens (tertiary/aromatic N) is 5. The number of nitrogens with one attached hydrogen (secondary N) is 2. The van der Waals surface area contributed by atoms with Crippen molar-refractivity contribution in [2.45, 2.75) is 43.8 Å². The van der Waals surface area contributed by atoms with Gasteiger partial charge in [-0.15, -0.1) is 12.4 Å². The molecule has 2 unspecified atom stereocenters. The third kappa shape index (κ3) is 3.63. The van der Waals surface area contributed by atoms with Gasteiger partial charge in [0.2, 0.25) is 0 Å². The number of piperidine rings is 1. The van der Waals surface area contributed by atoms with E-state index in [1.165, 1.54) is 12.8 Å². The Morgan fingerprint density at radius 3 is 2.81 bits per heavy atom. The minimum atomic E-state index is 0. The maximum atomic E-state index is 9.55. The van der Waals surface area contributed by atoms with Crippen LogP contribution in [0.4, 0.5) is 5.13 Å². The van der Waals surface area contributed by atoms with Crippen LogP contribution in [0.5, 0.6) is 0 Å². The molecule has 2 bridgehead atoms. The van der Waals surface area contributed by atoms with Gasteiger partial charge < -0.3 is 10.6 Å². The van der Waals surface area contributed by atoms with E-state index in [1.54, 1.807) is 16.0 Å². The zero-order valence-electron chi connectivity index (χ0n) is 17.0. The van der Waals surface area contributed by atoms with Gasteiger partial charge in [-0.05, 0) is 43.9 Å². The fourth-order valence-corrected chi connectivity index (χ4v) is 5.84. The smallest absolute Gasteiger partial charge is 0.184 e. The Morgan fingerprint density at radius 1 is 1.23 bits per heavy atom. The molecule has 2 N–H and O–H groups in total. The standard InChI is InChI=1S/C22H21N7S.ClH/c1-29-11-14-5-12(4-13(9-23)21(14)28-29)18-8-20-19(10-24-18)27-22(30-20)26-17-6-15-2-3-16(7-17)25-15;/h4-5,8,10-11,15-17,25H,2-3,6-7H2,1H3,(H,26,27);1H. The van der Waals surface area contributed by atoms with Crippen LogP contribution in [0.15, 0.2) is 30.6 Å². The average Bonchev–Trinajstić information content (AvgIpc) is 3.41. The van der Waals surface area contributed by atoms with Crippen molar-refractivity contribution < 1.29 is 0 Å². The van der Waals surface area contributed by atoms with Crippen molar-refractivity contribution in [3.05, 3.63) is 36.2 Å². The summed E-state index contributed by atoms with van der Waals surface area (Å²) in [7, 11) is 1.87. The Bertz CT molecular complexity index is 1310. The molecule has 1 aromatic carbocycles. The predicted molar refractivity (Wildman–Crippen MR) is 126 cm³/mol. The van der Waals surface area contributed by atoms with Crippen LogP contribution in [0.2, 0.25) is 0 Å². The fraction of sp³-hybridized carbons (Fsp3) is 0.364. The lowest BCUT2D eigenvalue weighted by molar-refractivity contribution is 0.378. The van der Waals surface area contributed by atoms with Gasteiger partial charge in [0.05, 0.1) is 22.2 Å². The van der Waals surface area contributed by atoms with E-state index < -0.39 is 0 Å². The normalized spacial score (nSPS) is 22.4. The molecule has 9 heteroatoms. The minimum Gasteiger partial charge on any atom is -0.359 e. The van der Waals surface area contributed by atoms with Gasteiger partial charge in [-0.1, -0.05) is 11.3 Å². The molecule has 2 fully saturated rings. The largest absolute Gasteiger partial charge is 0.359 e. The topological polar surface area (TPSA) is 91.5 Å². The van der Waals surface area contributed by atoms with E-state index in [4.69, 9.17) is 4.98 Å². The molecule has 0 amide bonds. The number of rotatable bonds is 3. The Hall–Kier alpha value is -2.73. The number of benzene rings is 1. The highest BCUT2D eigenvalue weighted by atomic mass is 35.5. The molecule has 0 aliphatic carbocycles. The Balaban J connectivity index is 0.00000204. The van der Waals surface area contributed by atoms with Crippen molar-refractivity contribution in [2.75, 3.05) is 5.32 Å². The van der Waals surface area contributed by atoms with Gasteiger partial charge in [-0.25, -0.2) is 4.98 Å². The van der Waals surface area contributed by atoms with E-state index in [2.05, 4.69) is 32.9 Å². The molecule has 7 nitrogen and oxygen atoms in total. The molecule has 3 aromatic heterocycles. The lowest BCUT2D eigenvalue weighted by Gasteiger charge is -2.29. The molecule has 2 aliphatic rings. The Labute approximate surface area is 189 Å². The van der Waals surface area contributed by atoms with Gasteiger partial charge in [0.15, 0.2) is 5.13 Å². The minimum absolute atomic E-state index is 0. The van der Waals surface area contributed by atoms with Crippen molar-refractivity contribution in [3.8, 4) is 17.3 Å². The molecule has 6 rings (SSSR count). The van der Waals surface area contributed by atoms with Crippen molar-refractivity contribution in [1.82, 2.24) is 25.1 Å². The molecule has 4 aromatic rings. The van der Waals surface area contributed by atoms with Crippen molar-refractivity contribution in [1.29, 1.82) is 5.26 Å². The number of halogens is 1. The maximum absolute atomic E-state index is 9.55. The second-order valence-corrected chi connectivity index (χ2v) is 9.41. The summed E-state index contributed by atoms with van der Waals surface area (Å²) >= 11 is 1.68. The molecule has 0 spiro atoms. The summed E-state index contributed by atoms with van der Waals surface area (Å²) in [6.45, 7) is 0. The first-order valence-corrected chi connectivity index (χ1v) is 11.1. The average molecular weight is 452 g/mol. The second kappa shape index (κ2) is 7.75. The third-order valence-corrected chi connectivity index (χ3v) is 7.16. The monoisotopic (exact) mass is 451 g/mol. The van der Waals surface area contributed by atoms with Gasteiger partial charge in [-0.2, -0.15) is 10.4 Å². The van der Waals surface area contributed by atoms with E-state index in [-0.39, 0.29) is 12.4 Å².